The first-order chi connectivity index (χ1) is 35.5. The van der Waals surface area contributed by atoms with Crippen molar-refractivity contribution >= 4 is 67.6 Å². The van der Waals surface area contributed by atoms with Crippen molar-refractivity contribution in [1.82, 2.24) is 40.4 Å². The van der Waals surface area contributed by atoms with Gasteiger partial charge in [-0.25, -0.2) is 19.6 Å². The van der Waals surface area contributed by atoms with E-state index < -0.39 is 24.3 Å². The Hall–Kier alpha value is -7.04. The summed E-state index contributed by atoms with van der Waals surface area (Å²) < 4.78 is 21.7. The topological polar surface area (TPSA) is 193 Å². The van der Waals surface area contributed by atoms with Crippen molar-refractivity contribution < 1.29 is 38.1 Å². The van der Waals surface area contributed by atoms with E-state index >= 15 is 0 Å². The summed E-state index contributed by atoms with van der Waals surface area (Å²) in [5, 5.41) is 9.58. The molecule has 382 valence electrons. The number of imidazole rings is 2. The van der Waals surface area contributed by atoms with Crippen LogP contribution in [0, 0.1) is 23.7 Å². The van der Waals surface area contributed by atoms with Gasteiger partial charge in [0.2, 0.25) is 5.91 Å². The highest BCUT2D eigenvalue weighted by atomic mass is 16.5. The number of amides is 4. The zero-order chi connectivity index (χ0) is 50.8. The molecule has 2 saturated heterocycles. The number of aromatic amines is 2. The Bertz CT molecular complexity index is 3130. The molecule has 16 nitrogen and oxygen atoms in total. The lowest BCUT2D eigenvalue weighted by Crippen LogP contribution is -2.51. The average molecular weight is 991 g/mol. The normalized spacial score (nSPS) is 20.3. The van der Waals surface area contributed by atoms with Crippen LogP contribution in [-0.2, 0) is 28.5 Å². The van der Waals surface area contributed by atoms with Gasteiger partial charge in [-0.3, -0.25) is 9.59 Å². The zero-order valence-corrected chi connectivity index (χ0v) is 42.3. The first kappa shape index (κ1) is 49.5. The summed E-state index contributed by atoms with van der Waals surface area (Å²) in [4.78, 5) is 75.0. The number of benzene rings is 5. The number of alkyl carbamates (subject to hydrolysis) is 2. The number of nitrogens with zero attached hydrogens (tertiary/aromatic N) is 4. The standard InChI is InChI=1S/C57H66N8O8/c1-33(2)48(62-56(68)71-4)54(66)64-29-36(32-73-31-34-12-8-6-9-13-34)25-47(64)53-59-45-23-19-41-27-39(17-21-43(41)51(45)61-53)38-16-20-42-40(26-38)18-22-44-50(42)60-52(58-44)46-24-35(30-70-3)28-65(46)55(67)49(63-57(69)72-5)37-14-10-7-11-15-37/h7,10-11,14-23,26-27,33-36,46-49H,6,8-9,12-13,24-25,28-32H2,1-5H3,(H,58,60)(H,59,61)(H,62,68)(H,63,69)/t35-,36-,46-,47-,48-,49+/m0/s1. The van der Waals surface area contributed by atoms with Crippen LogP contribution in [0.5, 0.6) is 0 Å². The minimum Gasteiger partial charge on any atom is -0.453 e. The van der Waals surface area contributed by atoms with Gasteiger partial charge < -0.3 is 49.3 Å². The number of carbonyl (C=O) groups is 4. The second-order valence-electron chi connectivity index (χ2n) is 20.6. The molecule has 4 N–H and O–H groups in total. The minimum atomic E-state index is -0.949. The number of aromatic nitrogens is 4. The number of likely N-dealkylation sites (tertiary alicyclic amines) is 2. The highest BCUT2D eigenvalue weighted by Gasteiger charge is 2.43. The number of nitrogens with one attached hydrogen (secondary N) is 4. The molecule has 0 bridgehead atoms. The van der Waals surface area contributed by atoms with Gasteiger partial charge in [-0.15, -0.1) is 0 Å². The van der Waals surface area contributed by atoms with Crippen molar-refractivity contribution in [2.75, 3.05) is 54.2 Å². The fraction of sp³-hybridized carbons (Fsp3) is 0.439. The Balaban J connectivity index is 0.912. The molecular weight excluding hydrogens is 925 g/mol. The number of methoxy groups -OCH3 is 3. The van der Waals surface area contributed by atoms with E-state index in [-0.39, 0.29) is 41.7 Å². The summed E-state index contributed by atoms with van der Waals surface area (Å²) in [5.41, 5.74) is 6.13. The lowest BCUT2D eigenvalue weighted by Gasteiger charge is -2.30. The Morgan fingerprint density at radius 3 is 1.71 bits per heavy atom. The van der Waals surface area contributed by atoms with Gasteiger partial charge in [0, 0.05) is 49.4 Å². The fourth-order valence-corrected chi connectivity index (χ4v) is 11.6. The summed E-state index contributed by atoms with van der Waals surface area (Å²) in [6.07, 6.45) is 6.24. The molecule has 1 aliphatic carbocycles. The van der Waals surface area contributed by atoms with E-state index in [0.717, 1.165) is 61.3 Å². The van der Waals surface area contributed by atoms with Crippen LogP contribution in [0.25, 0.3) is 54.7 Å². The van der Waals surface area contributed by atoms with Crippen LogP contribution in [0.1, 0.15) is 94.1 Å². The number of rotatable bonds is 15. The Labute approximate surface area is 424 Å². The molecule has 2 aromatic heterocycles. The zero-order valence-electron chi connectivity index (χ0n) is 42.3. The maximum atomic E-state index is 14.5. The van der Waals surface area contributed by atoms with Gasteiger partial charge in [0.25, 0.3) is 5.91 Å². The van der Waals surface area contributed by atoms with Crippen LogP contribution < -0.4 is 10.6 Å². The van der Waals surface area contributed by atoms with E-state index in [1.807, 2.05) is 55.1 Å². The molecule has 10 rings (SSSR count). The summed E-state index contributed by atoms with van der Waals surface area (Å²) in [5.74, 6) is 1.59. The van der Waals surface area contributed by atoms with Crippen molar-refractivity contribution in [1.29, 1.82) is 0 Å². The Morgan fingerprint density at radius 1 is 0.630 bits per heavy atom. The van der Waals surface area contributed by atoms with E-state index in [1.165, 1.54) is 46.3 Å². The lowest BCUT2D eigenvalue weighted by molar-refractivity contribution is -0.136. The summed E-state index contributed by atoms with van der Waals surface area (Å²) in [6.45, 7) is 6.58. The molecular formula is C57H66N8O8. The summed E-state index contributed by atoms with van der Waals surface area (Å²) in [6, 6.07) is 27.9. The highest BCUT2D eigenvalue weighted by Crippen LogP contribution is 2.41. The molecule has 4 amide bonds. The molecule has 6 atom stereocenters. The molecule has 16 heteroatoms. The number of hydrogen-bond acceptors (Lipinski definition) is 10. The van der Waals surface area contributed by atoms with Crippen LogP contribution in [0.3, 0.4) is 0 Å². The van der Waals surface area contributed by atoms with Gasteiger partial charge in [0.15, 0.2) is 0 Å². The van der Waals surface area contributed by atoms with Crippen LogP contribution in [0.2, 0.25) is 0 Å². The first-order valence-corrected chi connectivity index (χ1v) is 25.8. The Morgan fingerprint density at radius 2 is 1.16 bits per heavy atom. The number of H-pyrrole nitrogens is 2. The lowest BCUT2D eigenvalue weighted by atomic mass is 9.90. The molecule has 3 aliphatic rings. The third-order valence-electron chi connectivity index (χ3n) is 15.3. The maximum absolute atomic E-state index is 14.5. The Kier molecular flexibility index (Phi) is 14.6. The monoisotopic (exact) mass is 991 g/mol. The fourth-order valence-electron chi connectivity index (χ4n) is 11.6. The largest absolute Gasteiger partial charge is 0.453 e. The molecule has 73 heavy (non-hydrogen) atoms. The molecule has 4 heterocycles. The van der Waals surface area contributed by atoms with Gasteiger partial charge in [-0.1, -0.05) is 99.8 Å². The summed E-state index contributed by atoms with van der Waals surface area (Å²) in [7, 11) is 4.25. The van der Waals surface area contributed by atoms with E-state index in [9.17, 15) is 19.2 Å². The maximum Gasteiger partial charge on any atom is 0.407 e. The van der Waals surface area contributed by atoms with Gasteiger partial charge in [-0.05, 0) is 89.2 Å². The predicted molar refractivity (Wildman–Crippen MR) is 279 cm³/mol. The van der Waals surface area contributed by atoms with Crippen molar-refractivity contribution in [3.63, 3.8) is 0 Å². The predicted octanol–water partition coefficient (Wildman–Crippen LogP) is 9.91. The molecule has 7 aromatic rings. The number of fused-ring (bicyclic) bond motifs is 6. The third kappa shape index (κ3) is 10.3. The van der Waals surface area contributed by atoms with Gasteiger partial charge in [0.05, 0.1) is 61.6 Å². The second kappa shape index (κ2) is 21.6. The van der Waals surface area contributed by atoms with Crippen molar-refractivity contribution in [2.45, 2.75) is 83.0 Å². The molecule has 0 spiro atoms. The van der Waals surface area contributed by atoms with Crippen LogP contribution >= 0.6 is 0 Å². The van der Waals surface area contributed by atoms with Crippen molar-refractivity contribution in [3.8, 4) is 11.1 Å². The second-order valence-corrected chi connectivity index (χ2v) is 20.6. The minimum absolute atomic E-state index is 0.0665. The number of hydrogen-bond donors (Lipinski definition) is 4. The van der Waals surface area contributed by atoms with E-state index in [0.29, 0.717) is 62.3 Å². The smallest absolute Gasteiger partial charge is 0.407 e. The van der Waals surface area contributed by atoms with Gasteiger partial charge in [-0.2, -0.15) is 0 Å². The number of carbonyl (C=O) groups excluding carboxylic acids is 4. The molecule has 5 aromatic carbocycles. The number of ether oxygens (including phenoxy) is 4. The van der Waals surface area contributed by atoms with Crippen LogP contribution in [0.15, 0.2) is 91.0 Å². The van der Waals surface area contributed by atoms with E-state index in [1.54, 1.807) is 12.0 Å². The van der Waals surface area contributed by atoms with Gasteiger partial charge >= 0.3 is 12.2 Å². The van der Waals surface area contributed by atoms with E-state index in [4.69, 9.17) is 28.9 Å². The molecule has 3 fully saturated rings. The van der Waals surface area contributed by atoms with Gasteiger partial charge in [0.1, 0.15) is 23.7 Å². The quantitative estimate of drug-likeness (QED) is 0.0769. The third-order valence-corrected chi connectivity index (χ3v) is 15.3. The molecule has 1 saturated carbocycles. The summed E-state index contributed by atoms with van der Waals surface area (Å²) >= 11 is 0. The SMILES string of the molecule is COC[C@H]1C[C@@H](c2nc3c(ccc4cc(-c5ccc6c(ccc7[nH]c([C@@H]8C[C@H](COCC9CCCCC9)CN8C(=O)[C@@H](NC(=O)OC)C(C)C)nc76)c5)ccc43)[nH]2)N(C(=O)[C@H](NC(=O)OC)c2ccccc2)C1. The molecule has 2 aliphatic heterocycles. The van der Waals surface area contributed by atoms with Crippen LogP contribution in [-0.4, -0.2) is 114 Å². The van der Waals surface area contributed by atoms with Crippen molar-refractivity contribution in [3.05, 3.63) is 108 Å². The highest BCUT2D eigenvalue weighted by molar-refractivity contribution is 6.07. The van der Waals surface area contributed by atoms with Crippen molar-refractivity contribution in [2.24, 2.45) is 23.7 Å². The first-order valence-electron chi connectivity index (χ1n) is 25.8. The molecule has 0 radical (unpaired) electrons. The molecule has 0 unspecified atom stereocenters. The van der Waals surface area contributed by atoms with Crippen LogP contribution in [0.4, 0.5) is 9.59 Å². The van der Waals surface area contributed by atoms with E-state index in [2.05, 4.69) is 75.2 Å². The average Bonchev–Trinajstić information content (AvgIpc) is 4.24.